The van der Waals surface area contributed by atoms with E-state index in [4.69, 9.17) is 0 Å². The van der Waals surface area contributed by atoms with E-state index in [0.29, 0.717) is 0 Å². The second-order valence-corrected chi connectivity index (χ2v) is 6.04. The molecule has 4 heteroatoms. The lowest BCUT2D eigenvalue weighted by Crippen LogP contribution is -2.23. The lowest BCUT2D eigenvalue weighted by molar-refractivity contribution is 0.533. The van der Waals surface area contributed by atoms with Gasteiger partial charge in [-0.25, -0.2) is 0 Å². The molecule has 1 rings (SSSR count). The molecule has 0 aliphatic heterocycles. The monoisotopic (exact) mass is 292 g/mol. The molecule has 128 valence electrons. The van der Waals surface area contributed by atoms with E-state index in [9.17, 15) is 0 Å². The van der Waals surface area contributed by atoms with Crippen molar-refractivity contribution in [2.24, 2.45) is 11.8 Å². The molecule has 0 aromatic rings. The third kappa shape index (κ3) is 9.70. The Morgan fingerprint density at radius 3 is 1.80 bits per heavy atom. The van der Waals surface area contributed by atoms with Gasteiger partial charge >= 0.3 is 0 Å². The van der Waals surface area contributed by atoms with Gasteiger partial charge in [-0.15, -0.1) is 0 Å². The maximum absolute atomic E-state index is 3.61. The SMILES string of the molecule is CCNCCCCNCC1CC1CNCCCCNC.[HH].[HH].[HH].[HH]. The first-order valence-electron chi connectivity index (χ1n) is 8.65. The highest BCUT2D eigenvalue weighted by Gasteiger charge is 2.35. The van der Waals surface area contributed by atoms with Crippen molar-refractivity contribution in [2.45, 2.75) is 39.0 Å². The van der Waals surface area contributed by atoms with E-state index in [-0.39, 0.29) is 5.71 Å². The van der Waals surface area contributed by atoms with Gasteiger partial charge in [0.2, 0.25) is 0 Å². The molecule has 0 spiro atoms. The molecule has 4 N–H and O–H groups in total. The Labute approximate surface area is 131 Å². The molecule has 0 bridgehead atoms. The Kier molecular flexibility index (Phi) is 11.2. The highest BCUT2D eigenvalue weighted by atomic mass is 14.9. The third-order valence-electron chi connectivity index (χ3n) is 4.12. The van der Waals surface area contributed by atoms with Crippen molar-refractivity contribution in [3.05, 3.63) is 0 Å². The third-order valence-corrected chi connectivity index (χ3v) is 4.12. The van der Waals surface area contributed by atoms with E-state index in [1.54, 1.807) is 0 Å². The van der Waals surface area contributed by atoms with Gasteiger partial charge in [-0.3, -0.25) is 0 Å². The van der Waals surface area contributed by atoms with Crippen LogP contribution in [-0.4, -0.2) is 52.9 Å². The highest BCUT2D eigenvalue weighted by Crippen LogP contribution is 2.36. The highest BCUT2D eigenvalue weighted by molar-refractivity contribution is 4.89. The summed E-state index contributed by atoms with van der Waals surface area (Å²) in [5.74, 6) is 1.88. The van der Waals surface area contributed by atoms with Gasteiger partial charge in [0.1, 0.15) is 0 Å². The molecule has 20 heavy (non-hydrogen) atoms. The molecule has 1 saturated carbocycles. The van der Waals surface area contributed by atoms with Crippen LogP contribution in [0.1, 0.15) is 44.7 Å². The van der Waals surface area contributed by atoms with Crippen molar-refractivity contribution in [1.29, 1.82) is 0 Å². The molecule has 2 unspecified atom stereocenters. The second-order valence-electron chi connectivity index (χ2n) is 6.04. The fraction of sp³-hybridized carbons (Fsp3) is 1.00. The van der Waals surface area contributed by atoms with Gasteiger partial charge in [-0.1, -0.05) is 6.92 Å². The molecular weight excluding hydrogens is 248 g/mol. The summed E-state index contributed by atoms with van der Waals surface area (Å²) in [4.78, 5) is 0. The van der Waals surface area contributed by atoms with Gasteiger partial charge in [-0.05, 0) is 96.8 Å². The normalized spacial score (nSPS) is 21.3. The van der Waals surface area contributed by atoms with Crippen LogP contribution in [0, 0.1) is 11.8 Å². The summed E-state index contributed by atoms with van der Waals surface area (Å²) < 4.78 is 0. The van der Waals surface area contributed by atoms with Crippen LogP contribution in [0.5, 0.6) is 0 Å². The number of unbranched alkanes of at least 4 members (excludes halogenated alkanes) is 2. The topological polar surface area (TPSA) is 48.1 Å². The largest absolute Gasteiger partial charge is 0.320 e. The van der Waals surface area contributed by atoms with Crippen molar-refractivity contribution in [3.8, 4) is 0 Å². The molecule has 1 aliphatic carbocycles. The molecule has 0 aromatic carbocycles. The van der Waals surface area contributed by atoms with Crippen LogP contribution >= 0.6 is 0 Å². The molecule has 0 saturated heterocycles. The quantitative estimate of drug-likeness (QED) is 0.349. The van der Waals surface area contributed by atoms with E-state index in [0.717, 1.165) is 24.9 Å². The van der Waals surface area contributed by atoms with Crippen LogP contribution in [0.15, 0.2) is 0 Å². The number of hydrogen-bond acceptors (Lipinski definition) is 4. The molecule has 2 atom stereocenters. The summed E-state index contributed by atoms with van der Waals surface area (Å²) >= 11 is 0. The summed E-state index contributed by atoms with van der Waals surface area (Å²) in [5.41, 5.74) is 0. The van der Waals surface area contributed by atoms with Crippen LogP contribution in [0.25, 0.3) is 0 Å². The summed E-state index contributed by atoms with van der Waals surface area (Å²) in [6, 6.07) is 0. The van der Waals surface area contributed by atoms with E-state index in [1.165, 1.54) is 64.8 Å². The smallest absolute Gasteiger partial charge is 0 e. The first-order valence-corrected chi connectivity index (χ1v) is 8.65. The summed E-state index contributed by atoms with van der Waals surface area (Å²) in [6.07, 6.45) is 6.60. The fourth-order valence-corrected chi connectivity index (χ4v) is 2.61. The first-order chi connectivity index (χ1) is 9.88. The van der Waals surface area contributed by atoms with E-state index in [2.05, 4.69) is 28.2 Å². The van der Waals surface area contributed by atoms with E-state index in [1.807, 2.05) is 7.05 Å². The molecule has 4 nitrogen and oxygen atoms in total. The Hall–Kier alpha value is -0.160. The molecule has 0 heterocycles. The van der Waals surface area contributed by atoms with Gasteiger partial charge in [0.25, 0.3) is 0 Å². The van der Waals surface area contributed by atoms with Gasteiger partial charge in [0.15, 0.2) is 0 Å². The Morgan fingerprint density at radius 2 is 1.30 bits per heavy atom. The predicted molar refractivity (Wildman–Crippen MR) is 96.7 cm³/mol. The van der Waals surface area contributed by atoms with Crippen LogP contribution in [-0.2, 0) is 0 Å². The fourth-order valence-electron chi connectivity index (χ4n) is 2.61. The van der Waals surface area contributed by atoms with Crippen LogP contribution in [0.4, 0.5) is 0 Å². The van der Waals surface area contributed by atoms with Gasteiger partial charge in [-0.2, -0.15) is 0 Å². The summed E-state index contributed by atoms with van der Waals surface area (Å²) in [7, 11) is 2.02. The molecule has 0 aromatic heterocycles. The average Bonchev–Trinajstić information content (AvgIpc) is 3.20. The molecule has 0 radical (unpaired) electrons. The van der Waals surface area contributed by atoms with E-state index < -0.39 is 0 Å². The van der Waals surface area contributed by atoms with Gasteiger partial charge in [0.05, 0.1) is 0 Å². The van der Waals surface area contributed by atoms with Crippen LogP contribution in [0.2, 0.25) is 0 Å². The Bertz CT molecular complexity index is 226. The molecule has 1 aliphatic rings. The minimum atomic E-state index is 0. The Morgan fingerprint density at radius 1 is 0.800 bits per heavy atom. The maximum Gasteiger partial charge on any atom is 0 e. The van der Waals surface area contributed by atoms with Crippen molar-refractivity contribution < 1.29 is 5.71 Å². The zero-order valence-electron chi connectivity index (χ0n) is 13.6. The van der Waals surface area contributed by atoms with Gasteiger partial charge < -0.3 is 21.3 Å². The van der Waals surface area contributed by atoms with Gasteiger partial charge in [0, 0.05) is 5.71 Å². The number of nitrogens with one attached hydrogen (secondary N) is 4. The van der Waals surface area contributed by atoms with Crippen LogP contribution in [0.3, 0.4) is 0 Å². The van der Waals surface area contributed by atoms with E-state index >= 15 is 0 Å². The Balaban J connectivity index is -0.000000500. The number of hydrogen-bond donors (Lipinski definition) is 4. The summed E-state index contributed by atoms with van der Waals surface area (Å²) in [6.45, 7) is 10.4. The minimum absolute atomic E-state index is 0. The minimum Gasteiger partial charge on any atom is -0.320 e. The second kappa shape index (κ2) is 12.6. The van der Waals surface area contributed by atoms with Crippen LogP contribution < -0.4 is 21.3 Å². The number of rotatable bonds is 15. The average molecular weight is 293 g/mol. The standard InChI is InChI=1S/C16H36N4.4H2/c1-3-18-9-6-7-11-20-14-16-12-15(16)13-19-10-5-4-8-17-2;;;;/h15-20H,3-14H2,1-2H3;4*1H. The lowest BCUT2D eigenvalue weighted by atomic mass is 10.2. The zero-order valence-corrected chi connectivity index (χ0v) is 13.6. The van der Waals surface area contributed by atoms with Crippen molar-refractivity contribution >= 4 is 0 Å². The molecule has 1 fully saturated rings. The summed E-state index contributed by atoms with van der Waals surface area (Å²) in [5, 5.41) is 13.8. The van der Waals surface area contributed by atoms with Crippen molar-refractivity contribution in [3.63, 3.8) is 0 Å². The predicted octanol–water partition coefficient (Wildman–Crippen LogP) is 2.18. The lowest BCUT2D eigenvalue weighted by Gasteiger charge is -2.06. The van der Waals surface area contributed by atoms with Crippen molar-refractivity contribution in [2.75, 3.05) is 52.9 Å². The molecular formula is C16H44N4. The molecule has 0 amide bonds. The first kappa shape index (κ1) is 17.9. The zero-order chi connectivity index (χ0) is 14.5. The maximum atomic E-state index is 3.61. The van der Waals surface area contributed by atoms with Crippen molar-refractivity contribution in [1.82, 2.24) is 21.3 Å².